The van der Waals surface area contributed by atoms with Gasteiger partial charge in [-0.1, -0.05) is 17.7 Å². The van der Waals surface area contributed by atoms with E-state index >= 15 is 0 Å². The van der Waals surface area contributed by atoms with Gasteiger partial charge in [-0.25, -0.2) is 4.79 Å². The first-order chi connectivity index (χ1) is 14.5. The molecule has 7 heteroatoms. The third-order valence-electron chi connectivity index (χ3n) is 5.93. The summed E-state index contributed by atoms with van der Waals surface area (Å²) >= 11 is 6.38. The summed E-state index contributed by atoms with van der Waals surface area (Å²) in [5, 5.41) is 3.73. The molecular weight excluding hydrogens is 406 g/mol. The minimum Gasteiger partial charge on any atom is -0.495 e. The Hall–Kier alpha value is -2.31. The molecule has 4 rings (SSSR count). The number of hydrogen-bond donors (Lipinski definition) is 1. The molecule has 1 aromatic rings. The van der Waals surface area contributed by atoms with Gasteiger partial charge in [0.15, 0.2) is 5.78 Å². The largest absolute Gasteiger partial charge is 0.495 e. The Morgan fingerprint density at radius 3 is 2.83 bits per heavy atom. The van der Waals surface area contributed by atoms with E-state index in [1.807, 2.05) is 13.0 Å². The van der Waals surface area contributed by atoms with Gasteiger partial charge in [-0.15, -0.1) is 0 Å². The molecule has 0 saturated carbocycles. The van der Waals surface area contributed by atoms with Gasteiger partial charge >= 0.3 is 5.97 Å². The van der Waals surface area contributed by atoms with E-state index in [2.05, 4.69) is 5.32 Å². The first-order valence-electron chi connectivity index (χ1n) is 10.4. The molecule has 0 amide bonds. The summed E-state index contributed by atoms with van der Waals surface area (Å²) < 4.78 is 16.5. The van der Waals surface area contributed by atoms with Gasteiger partial charge in [-0.2, -0.15) is 0 Å². The smallest absolute Gasteiger partial charge is 0.336 e. The average molecular weight is 432 g/mol. The summed E-state index contributed by atoms with van der Waals surface area (Å²) in [6, 6.07) is 5.38. The molecule has 0 bridgehead atoms. The van der Waals surface area contributed by atoms with Crippen molar-refractivity contribution >= 4 is 23.4 Å². The van der Waals surface area contributed by atoms with Crippen LogP contribution in [0.5, 0.6) is 5.75 Å². The van der Waals surface area contributed by atoms with Crippen LogP contribution in [-0.4, -0.2) is 38.2 Å². The number of ether oxygens (including phenoxy) is 3. The Bertz CT molecular complexity index is 930. The molecule has 2 aliphatic heterocycles. The van der Waals surface area contributed by atoms with E-state index in [9.17, 15) is 9.59 Å². The molecule has 1 saturated heterocycles. The zero-order valence-electron chi connectivity index (χ0n) is 17.3. The Balaban J connectivity index is 1.71. The minimum atomic E-state index is -0.519. The van der Waals surface area contributed by atoms with Gasteiger partial charge in [-0.3, -0.25) is 4.79 Å². The number of allylic oxidation sites excluding steroid dienone is 3. The number of esters is 1. The molecule has 2 heterocycles. The van der Waals surface area contributed by atoms with Crippen LogP contribution in [0.25, 0.3) is 0 Å². The van der Waals surface area contributed by atoms with Crippen LogP contribution in [0.4, 0.5) is 0 Å². The molecule has 0 aromatic heterocycles. The van der Waals surface area contributed by atoms with Crippen molar-refractivity contribution in [2.24, 2.45) is 0 Å². The number of carbonyl (C=O) groups is 2. The number of rotatable bonds is 5. The minimum absolute atomic E-state index is 0.0533. The van der Waals surface area contributed by atoms with Crippen LogP contribution in [0.15, 0.2) is 40.7 Å². The fourth-order valence-electron chi connectivity index (χ4n) is 4.47. The second-order valence-electron chi connectivity index (χ2n) is 7.89. The van der Waals surface area contributed by atoms with Crippen molar-refractivity contribution in [3.8, 4) is 5.75 Å². The lowest BCUT2D eigenvalue weighted by atomic mass is 9.75. The predicted molar refractivity (Wildman–Crippen MR) is 112 cm³/mol. The lowest BCUT2D eigenvalue weighted by molar-refractivity contribution is -0.142. The van der Waals surface area contributed by atoms with Gasteiger partial charge in [0, 0.05) is 35.9 Å². The number of ketones is 1. The lowest BCUT2D eigenvalue weighted by Crippen LogP contribution is -2.35. The molecule has 1 N–H and O–H groups in total. The summed E-state index contributed by atoms with van der Waals surface area (Å²) in [5.74, 6) is -0.355. The Morgan fingerprint density at radius 2 is 2.13 bits per heavy atom. The summed E-state index contributed by atoms with van der Waals surface area (Å²) in [5.41, 5.74) is 3.45. The summed E-state index contributed by atoms with van der Waals surface area (Å²) in [7, 11) is 1.55. The van der Waals surface area contributed by atoms with E-state index in [-0.39, 0.29) is 18.5 Å². The first-order valence-corrected chi connectivity index (χ1v) is 10.7. The molecule has 3 aliphatic rings. The fraction of sp³-hybridized carbons (Fsp3) is 0.478. The highest BCUT2D eigenvalue weighted by Crippen LogP contribution is 2.44. The van der Waals surface area contributed by atoms with Crippen molar-refractivity contribution in [1.29, 1.82) is 0 Å². The quantitative estimate of drug-likeness (QED) is 0.709. The van der Waals surface area contributed by atoms with E-state index in [1.54, 1.807) is 19.2 Å². The summed E-state index contributed by atoms with van der Waals surface area (Å²) in [6.45, 7) is 2.76. The number of hydrogen-bond acceptors (Lipinski definition) is 6. The van der Waals surface area contributed by atoms with Gasteiger partial charge in [0.2, 0.25) is 0 Å². The van der Waals surface area contributed by atoms with E-state index in [4.69, 9.17) is 25.8 Å². The third-order valence-corrected chi connectivity index (χ3v) is 6.22. The van der Waals surface area contributed by atoms with Crippen molar-refractivity contribution in [3.05, 3.63) is 51.3 Å². The normalized spacial score (nSPS) is 23.9. The first kappa shape index (κ1) is 20.9. The third kappa shape index (κ3) is 3.98. The summed E-state index contributed by atoms with van der Waals surface area (Å²) in [4.78, 5) is 26.1. The highest BCUT2D eigenvalue weighted by molar-refractivity contribution is 6.32. The van der Waals surface area contributed by atoms with Gasteiger partial charge in [0.1, 0.15) is 12.4 Å². The van der Waals surface area contributed by atoms with Gasteiger partial charge < -0.3 is 19.5 Å². The van der Waals surface area contributed by atoms with Crippen LogP contribution < -0.4 is 10.1 Å². The standard InChI is InChI=1S/C23H26ClNO5/c1-13-20(23(27)30-12-15-5-4-10-29-15)21(14-8-9-19(28-2)16(24)11-14)22-17(25-13)6-3-7-18(22)26/h8-9,11,15,21,25H,3-7,10,12H2,1-2H3/t15-,21-/m0/s1. The molecule has 30 heavy (non-hydrogen) atoms. The number of Topliss-reactive ketones (excluding diaryl/α,β-unsaturated/α-hetero) is 1. The van der Waals surface area contributed by atoms with E-state index < -0.39 is 11.9 Å². The number of methoxy groups -OCH3 is 1. The SMILES string of the molecule is COc1ccc([C@H]2C(C(=O)OC[C@@H]3CCCO3)=C(C)NC3=C2C(=O)CCC3)cc1Cl. The predicted octanol–water partition coefficient (Wildman–Crippen LogP) is 4.04. The Labute approximate surface area is 181 Å². The van der Waals surface area contributed by atoms with Crippen LogP contribution in [0.3, 0.4) is 0 Å². The van der Waals surface area contributed by atoms with E-state index in [1.165, 1.54) is 0 Å². The van der Waals surface area contributed by atoms with Crippen molar-refractivity contribution < 1.29 is 23.8 Å². The van der Waals surface area contributed by atoms with Crippen molar-refractivity contribution in [3.63, 3.8) is 0 Å². The van der Waals surface area contributed by atoms with Gasteiger partial charge in [0.05, 0.1) is 23.8 Å². The van der Waals surface area contributed by atoms with E-state index in [0.717, 1.165) is 36.9 Å². The second-order valence-corrected chi connectivity index (χ2v) is 8.30. The number of carbonyl (C=O) groups excluding carboxylic acids is 2. The highest BCUT2D eigenvalue weighted by Gasteiger charge is 2.39. The van der Waals surface area contributed by atoms with Crippen LogP contribution in [0, 0.1) is 0 Å². The van der Waals surface area contributed by atoms with E-state index in [0.29, 0.717) is 40.6 Å². The highest BCUT2D eigenvalue weighted by atomic mass is 35.5. The monoisotopic (exact) mass is 431 g/mol. The zero-order chi connectivity index (χ0) is 21.3. The second kappa shape index (κ2) is 8.82. The number of benzene rings is 1. The molecule has 1 fully saturated rings. The van der Waals surface area contributed by atoms with Crippen molar-refractivity contribution in [2.45, 2.75) is 51.0 Å². The van der Waals surface area contributed by atoms with Crippen molar-refractivity contribution in [1.82, 2.24) is 5.32 Å². The maximum Gasteiger partial charge on any atom is 0.336 e. The molecule has 6 nitrogen and oxygen atoms in total. The lowest BCUT2D eigenvalue weighted by Gasteiger charge is -2.34. The maximum absolute atomic E-state index is 13.2. The van der Waals surface area contributed by atoms with Crippen molar-refractivity contribution in [2.75, 3.05) is 20.3 Å². The molecular formula is C23H26ClNO5. The summed E-state index contributed by atoms with van der Waals surface area (Å²) in [6.07, 6.45) is 3.84. The molecule has 0 unspecified atom stereocenters. The molecule has 0 radical (unpaired) electrons. The Kier molecular flexibility index (Phi) is 6.16. The fourth-order valence-corrected chi connectivity index (χ4v) is 4.74. The van der Waals surface area contributed by atoms with Crippen LogP contribution in [0.2, 0.25) is 5.02 Å². The molecule has 2 atom stereocenters. The average Bonchev–Trinajstić information content (AvgIpc) is 3.25. The van der Waals surface area contributed by atoms with Crippen LogP contribution in [-0.2, 0) is 19.1 Å². The van der Waals surface area contributed by atoms with Crippen LogP contribution in [0.1, 0.15) is 50.5 Å². The molecule has 1 aromatic carbocycles. The molecule has 0 spiro atoms. The maximum atomic E-state index is 13.2. The topological polar surface area (TPSA) is 73.9 Å². The number of nitrogens with one attached hydrogen (secondary N) is 1. The van der Waals surface area contributed by atoms with Gasteiger partial charge in [0.25, 0.3) is 0 Å². The van der Waals surface area contributed by atoms with Crippen LogP contribution >= 0.6 is 11.6 Å². The molecule has 160 valence electrons. The van der Waals surface area contributed by atoms with Gasteiger partial charge in [-0.05, 0) is 50.3 Å². The Morgan fingerprint density at radius 1 is 1.30 bits per heavy atom. The molecule has 1 aliphatic carbocycles. The number of dihydropyridines is 1. The number of halogens is 1. The zero-order valence-corrected chi connectivity index (χ0v) is 18.0.